The number of phosphoric acid groups is 1. The fourth-order valence-corrected chi connectivity index (χ4v) is 8.89. The standard InChI is InChI=1S/C25H39O7P/c1-23-10-7-19(31-16-32-33(27,28)29)14-18(23)5-6-22-21(23)8-11-24(2)20(9-12-25(22,24)26)17-4-3-13-30-15-17/h3-4,15,18-22,26H,5-14,16H2,1-2H3,(H2,27,28,29)/t18-,19+,20-,21+,22-,23+,24-,25+/m1/s1. The van der Waals surface area contributed by atoms with Crippen molar-refractivity contribution in [2.75, 3.05) is 13.4 Å². The summed E-state index contributed by atoms with van der Waals surface area (Å²) in [6.07, 6.45) is 15.2. The van der Waals surface area contributed by atoms with Crippen LogP contribution in [-0.2, 0) is 18.6 Å². The number of hydrogen-bond donors (Lipinski definition) is 3. The molecule has 0 aromatic heterocycles. The van der Waals surface area contributed by atoms with Crippen molar-refractivity contribution in [3.63, 3.8) is 0 Å². The van der Waals surface area contributed by atoms with Crippen molar-refractivity contribution >= 4 is 7.82 Å². The third-order valence-corrected chi connectivity index (χ3v) is 10.9. The first-order valence-electron chi connectivity index (χ1n) is 12.6. The summed E-state index contributed by atoms with van der Waals surface area (Å²) in [5.74, 6) is 1.69. The molecule has 0 aromatic rings. The average molecular weight is 483 g/mol. The minimum Gasteiger partial charge on any atom is -0.497 e. The quantitative estimate of drug-likeness (QED) is 0.386. The summed E-state index contributed by atoms with van der Waals surface area (Å²) in [6.45, 7) is 5.02. The van der Waals surface area contributed by atoms with Gasteiger partial charge in [0.1, 0.15) is 6.61 Å². The molecule has 0 amide bonds. The summed E-state index contributed by atoms with van der Waals surface area (Å²) in [5.41, 5.74) is 0.669. The van der Waals surface area contributed by atoms with E-state index in [-0.39, 0.29) is 23.7 Å². The zero-order valence-electron chi connectivity index (χ0n) is 19.8. The number of hydrogen-bond acceptors (Lipinski definition) is 5. The van der Waals surface area contributed by atoms with Gasteiger partial charge in [-0.2, -0.15) is 0 Å². The maximum Gasteiger partial charge on any atom is 0.471 e. The van der Waals surface area contributed by atoms with Crippen molar-refractivity contribution in [1.82, 2.24) is 0 Å². The molecule has 8 atom stereocenters. The minimum atomic E-state index is -4.50. The average Bonchev–Trinajstić information content (AvgIpc) is 3.05. The van der Waals surface area contributed by atoms with Crippen molar-refractivity contribution in [1.29, 1.82) is 0 Å². The van der Waals surface area contributed by atoms with Crippen LogP contribution >= 0.6 is 7.82 Å². The second-order valence-electron chi connectivity index (χ2n) is 11.6. The van der Waals surface area contributed by atoms with Crippen molar-refractivity contribution in [3.05, 3.63) is 24.0 Å². The SMILES string of the molecule is C[C@]12CC[C@H](OCOP(=O)(O)O)C[C@H]1CC[C@@H]1[C@@H]2CC[C@]2(C)[C@@H](C3=COCC=C3)CC[C@]12O. The van der Waals surface area contributed by atoms with Gasteiger partial charge in [-0.25, -0.2) is 4.57 Å². The van der Waals surface area contributed by atoms with Gasteiger partial charge in [0.05, 0.1) is 18.0 Å². The van der Waals surface area contributed by atoms with Crippen molar-refractivity contribution in [3.8, 4) is 0 Å². The van der Waals surface area contributed by atoms with Gasteiger partial charge in [0.2, 0.25) is 0 Å². The Morgan fingerprint density at radius 2 is 1.91 bits per heavy atom. The number of allylic oxidation sites excluding steroid dienone is 2. The Morgan fingerprint density at radius 1 is 1.09 bits per heavy atom. The molecule has 0 saturated heterocycles. The van der Waals surface area contributed by atoms with Crippen LogP contribution in [0, 0.1) is 34.5 Å². The molecule has 0 aromatic carbocycles. The van der Waals surface area contributed by atoms with Gasteiger partial charge in [-0.15, -0.1) is 0 Å². The van der Waals surface area contributed by atoms with Crippen LogP contribution in [0.2, 0.25) is 0 Å². The molecular formula is C25H39O7P. The largest absolute Gasteiger partial charge is 0.497 e. The highest BCUT2D eigenvalue weighted by Crippen LogP contribution is 2.70. The highest BCUT2D eigenvalue weighted by molar-refractivity contribution is 7.46. The van der Waals surface area contributed by atoms with E-state index in [1.54, 1.807) is 0 Å². The molecule has 0 bridgehead atoms. The van der Waals surface area contributed by atoms with E-state index in [1.807, 2.05) is 6.26 Å². The second-order valence-corrected chi connectivity index (χ2v) is 12.9. The lowest BCUT2D eigenvalue weighted by Gasteiger charge is -2.63. The Morgan fingerprint density at radius 3 is 2.64 bits per heavy atom. The maximum absolute atomic E-state index is 12.3. The molecule has 0 spiro atoms. The van der Waals surface area contributed by atoms with Crippen molar-refractivity contribution in [2.24, 2.45) is 34.5 Å². The Kier molecular flexibility index (Phi) is 6.16. The number of phosphoric ester groups is 1. The minimum absolute atomic E-state index is 0.0241. The molecule has 8 heteroatoms. The molecule has 0 radical (unpaired) electrons. The molecular weight excluding hydrogens is 443 g/mol. The van der Waals surface area contributed by atoms with Crippen LogP contribution in [0.25, 0.3) is 0 Å². The van der Waals surface area contributed by atoms with Gasteiger partial charge in [-0.1, -0.05) is 19.9 Å². The molecule has 5 aliphatic rings. The van der Waals surface area contributed by atoms with Crippen LogP contribution in [0.1, 0.15) is 71.6 Å². The van der Waals surface area contributed by atoms with E-state index in [0.29, 0.717) is 30.3 Å². The van der Waals surface area contributed by atoms with Gasteiger partial charge < -0.3 is 24.4 Å². The normalized spacial score (nSPS) is 47.2. The lowest BCUT2D eigenvalue weighted by Crippen LogP contribution is -2.62. The summed E-state index contributed by atoms with van der Waals surface area (Å²) in [7, 11) is -4.50. The second kappa shape index (κ2) is 8.46. The molecule has 186 valence electrons. The predicted octanol–water partition coefficient (Wildman–Crippen LogP) is 4.68. The van der Waals surface area contributed by atoms with Crippen LogP contribution in [-0.4, -0.2) is 40.0 Å². The summed E-state index contributed by atoms with van der Waals surface area (Å²) in [4.78, 5) is 17.8. The first-order chi connectivity index (χ1) is 15.6. The molecule has 0 unspecified atom stereocenters. The van der Waals surface area contributed by atoms with Gasteiger partial charge >= 0.3 is 7.82 Å². The van der Waals surface area contributed by atoms with E-state index >= 15 is 0 Å². The lowest BCUT2D eigenvalue weighted by molar-refractivity contribution is -0.211. The zero-order chi connectivity index (χ0) is 23.5. The fourth-order valence-electron chi connectivity index (χ4n) is 8.69. The maximum atomic E-state index is 12.3. The van der Waals surface area contributed by atoms with Gasteiger partial charge in [0, 0.05) is 5.41 Å². The Bertz CT molecular complexity index is 867. The van der Waals surface area contributed by atoms with Gasteiger partial charge in [-0.05, 0) is 98.5 Å². The van der Waals surface area contributed by atoms with Crippen LogP contribution in [0.15, 0.2) is 24.0 Å². The Balaban J connectivity index is 1.30. The summed E-state index contributed by atoms with van der Waals surface area (Å²) >= 11 is 0. The van der Waals surface area contributed by atoms with Crippen LogP contribution in [0.5, 0.6) is 0 Å². The van der Waals surface area contributed by atoms with Gasteiger partial charge in [0.25, 0.3) is 0 Å². The topological polar surface area (TPSA) is 105 Å². The molecule has 4 saturated carbocycles. The number of aliphatic hydroxyl groups is 1. The number of rotatable bonds is 5. The van der Waals surface area contributed by atoms with E-state index in [9.17, 15) is 9.67 Å². The number of ether oxygens (including phenoxy) is 2. The highest BCUT2D eigenvalue weighted by Gasteiger charge is 2.67. The monoisotopic (exact) mass is 482 g/mol. The first-order valence-corrected chi connectivity index (χ1v) is 14.1. The van der Waals surface area contributed by atoms with Crippen molar-refractivity contribution < 1.29 is 33.5 Å². The third kappa shape index (κ3) is 3.97. The van der Waals surface area contributed by atoms with Crippen LogP contribution < -0.4 is 0 Å². The van der Waals surface area contributed by atoms with Crippen LogP contribution in [0.4, 0.5) is 0 Å². The molecule has 3 N–H and O–H groups in total. The van der Waals surface area contributed by atoms with E-state index in [0.717, 1.165) is 57.8 Å². The highest BCUT2D eigenvalue weighted by atomic mass is 31.2. The predicted molar refractivity (Wildman–Crippen MR) is 123 cm³/mol. The Hall–Kier alpha value is -0.690. The third-order valence-electron chi connectivity index (χ3n) is 10.5. The van der Waals surface area contributed by atoms with E-state index < -0.39 is 13.4 Å². The van der Waals surface area contributed by atoms with Crippen LogP contribution in [0.3, 0.4) is 0 Å². The van der Waals surface area contributed by atoms with Gasteiger partial charge in [0.15, 0.2) is 6.79 Å². The summed E-state index contributed by atoms with van der Waals surface area (Å²) < 4.78 is 26.7. The fraction of sp³-hybridized carbons (Fsp3) is 0.840. The molecule has 4 aliphatic carbocycles. The molecule has 5 rings (SSSR count). The Labute approximate surface area is 196 Å². The molecule has 1 aliphatic heterocycles. The van der Waals surface area contributed by atoms with E-state index in [4.69, 9.17) is 19.3 Å². The van der Waals surface area contributed by atoms with E-state index in [1.165, 1.54) is 5.57 Å². The molecule has 33 heavy (non-hydrogen) atoms. The first kappa shape index (κ1) is 24.0. The zero-order valence-corrected chi connectivity index (χ0v) is 20.7. The molecule has 4 fully saturated rings. The lowest BCUT2D eigenvalue weighted by atomic mass is 9.43. The smallest absolute Gasteiger partial charge is 0.471 e. The summed E-state index contributed by atoms with van der Waals surface area (Å²) in [5, 5.41) is 12.3. The van der Waals surface area contributed by atoms with E-state index in [2.05, 4.69) is 30.5 Å². The molecule has 1 heterocycles. The van der Waals surface area contributed by atoms with Crippen molar-refractivity contribution in [2.45, 2.75) is 83.3 Å². The molecule has 7 nitrogen and oxygen atoms in total. The van der Waals surface area contributed by atoms with Gasteiger partial charge in [-0.3, -0.25) is 4.52 Å². The number of fused-ring (bicyclic) bond motifs is 5. The summed E-state index contributed by atoms with van der Waals surface area (Å²) in [6, 6.07) is 0.